The number of benzene rings is 2. The largest absolute Gasteiger partial charge is 0.478 e. The van der Waals surface area contributed by atoms with Gasteiger partial charge in [0.05, 0.1) is 17.2 Å². The highest BCUT2D eigenvalue weighted by Crippen LogP contribution is 2.20. The van der Waals surface area contributed by atoms with E-state index >= 15 is 0 Å². The maximum Gasteiger partial charge on any atom is 0.335 e. The summed E-state index contributed by atoms with van der Waals surface area (Å²) < 4.78 is 0. The van der Waals surface area contributed by atoms with Gasteiger partial charge in [-0.15, -0.1) is 0 Å². The van der Waals surface area contributed by atoms with Crippen LogP contribution in [0.15, 0.2) is 48.5 Å². The Bertz CT molecular complexity index is 662. The standard InChI is InChI=1S/C16H13NO2S/c17-9-14-5-1-2-6-15(14)11-20-10-12-4-3-7-13(8-12)16(18)19/h1-8H,10-11H2,(H,18,19). The molecule has 0 aromatic heterocycles. The number of aromatic carboxylic acids is 1. The summed E-state index contributed by atoms with van der Waals surface area (Å²) in [5.41, 5.74) is 2.98. The van der Waals surface area contributed by atoms with Crippen LogP contribution in [0.5, 0.6) is 0 Å². The van der Waals surface area contributed by atoms with Gasteiger partial charge in [-0.2, -0.15) is 17.0 Å². The SMILES string of the molecule is N#Cc1ccccc1CSCc1cccc(C(=O)O)c1. The van der Waals surface area contributed by atoms with Gasteiger partial charge < -0.3 is 5.11 Å². The van der Waals surface area contributed by atoms with Crippen molar-refractivity contribution >= 4 is 17.7 Å². The first-order valence-corrected chi connectivity index (χ1v) is 7.24. The number of hydrogen-bond acceptors (Lipinski definition) is 3. The normalized spacial score (nSPS) is 9.95. The van der Waals surface area contributed by atoms with Crippen LogP contribution in [0.4, 0.5) is 0 Å². The number of carbonyl (C=O) groups is 1. The van der Waals surface area contributed by atoms with E-state index in [-0.39, 0.29) is 0 Å². The fraction of sp³-hybridized carbons (Fsp3) is 0.125. The van der Waals surface area contributed by atoms with Crippen LogP contribution < -0.4 is 0 Å². The molecule has 2 aromatic rings. The van der Waals surface area contributed by atoms with Crippen molar-refractivity contribution in [2.45, 2.75) is 11.5 Å². The highest BCUT2D eigenvalue weighted by molar-refractivity contribution is 7.97. The average molecular weight is 283 g/mol. The third-order valence-corrected chi connectivity index (χ3v) is 3.89. The molecule has 2 rings (SSSR count). The highest BCUT2D eigenvalue weighted by Gasteiger charge is 2.04. The Kier molecular flexibility index (Phi) is 4.80. The summed E-state index contributed by atoms with van der Waals surface area (Å²) in [7, 11) is 0. The van der Waals surface area contributed by atoms with Crippen molar-refractivity contribution in [3.8, 4) is 6.07 Å². The quantitative estimate of drug-likeness (QED) is 0.909. The second kappa shape index (κ2) is 6.78. The molecule has 4 heteroatoms. The summed E-state index contributed by atoms with van der Waals surface area (Å²) in [6.45, 7) is 0. The molecule has 0 aliphatic heterocycles. The Morgan fingerprint density at radius 2 is 1.95 bits per heavy atom. The molecule has 3 nitrogen and oxygen atoms in total. The van der Waals surface area contributed by atoms with E-state index in [1.807, 2.05) is 24.3 Å². The van der Waals surface area contributed by atoms with Crippen LogP contribution >= 0.6 is 11.8 Å². The van der Waals surface area contributed by atoms with Crippen LogP contribution in [0.3, 0.4) is 0 Å². The first-order chi connectivity index (χ1) is 9.70. The maximum atomic E-state index is 10.9. The second-order valence-corrected chi connectivity index (χ2v) is 5.25. The molecule has 0 saturated carbocycles. The molecule has 0 fully saturated rings. The molecule has 100 valence electrons. The summed E-state index contributed by atoms with van der Waals surface area (Å²) in [5.74, 6) is 0.550. The van der Waals surface area contributed by atoms with Crippen LogP contribution in [-0.4, -0.2) is 11.1 Å². The Balaban J connectivity index is 1.98. The highest BCUT2D eigenvalue weighted by atomic mass is 32.2. The topological polar surface area (TPSA) is 61.1 Å². The van der Waals surface area contributed by atoms with Gasteiger partial charge in [0.2, 0.25) is 0 Å². The van der Waals surface area contributed by atoms with Crippen molar-refractivity contribution in [1.29, 1.82) is 5.26 Å². The molecule has 1 N–H and O–H groups in total. The predicted octanol–water partition coefficient (Wildman–Crippen LogP) is 3.69. The number of carboxylic acids is 1. The van der Waals surface area contributed by atoms with E-state index in [1.165, 1.54) is 0 Å². The minimum absolute atomic E-state index is 0.306. The molecule has 0 radical (unpaired) electrons. The first kappa shape index (κ1) is 14.2. The van der Waals surface area contributed by atoms with Gasteiger partial charge in [-0.05, 0) is 29.3 Å². The fourth-order valence-electron chi connectivity index (χ4n) is 1.83. The van der Waals surface area contributed by atoms with Crippen molar-refractivity contribution < 1.29 is 9.90 Å². The number of hydrogen-bond donors (Lipinski definition) is 1. The van der Waals surface area contributed by atoms with Gasteiger partial charge in [-0.25, -0.2) is 4.79 Å². The Labute approximate surface area is 121 Å². The third kappa shape index (κ3) is 3.62. The molecular weight excluding hydrogens is 270 g/mol. The molecule has 0 amide bonds. The van der Waals surface area contributed by atoms with Crippen LogP contribution in [0.1, 0.15) is 27.0 Å². The number of rotatable bonds is 5. The van der Waals surface area contributed by atoms with Gasteiger partial charge in [-0.1, -0.05) is 30.3 Å². The molecule has 0 spiro atoms. The first-order valence-electron chi connectivity index (χ1n) is 6.08. The average Bonchev–Trinajstić information content (AvgIpc) is 2.48. The lowest BCUT2D eigenvalue weighted by atomic mass is 10.1. The van der Waals surface area contributed by atoms with Gasteiger partial charge in [0, 0.05) is 11.5 Å². The van der Waals surface area contributed by atoms with Gasteiger partial charge >= 0.3 is 5.97 Å². The lowest BCUT2D eigenvalue weighted by Crippen LogP contribution is -1.96. The molecule has 0 heterocycles. The maximum absolute atomic E-state index is 10.9. The third-order valence-electron chi connectivity index (χ3n) is 2.84. The molecule has 0 aliphatic rings. The van der Waals surface area contributed by atoms with E-state index in [0.29, 0.717) is 11.1 Å². The number of carboxylic acid groups (broad SMARTS) is 1. The van der Waals surface area contributed by atoms with Crippen molar-refractivity contribution in [3.05, 3.63) is 70.8 Å². The van der Waals surface area contributed by atoms with E-state index in [0.717, 1.165) is 22.6 Å². The van der Waals surface area contributed by atoms with Crippen LogP contribution in [0.2, 0.25) is 0 Å². The Morgan fingerprint density at radius 3 is 2.70 bits per heavy atom. The lowest BCUT2D eigenvalue weighted by Gasteiger charge is -2.05. The summed E-state index contributed by atoms with van der Waals surface area (Å²) >= 11 is 1.67. The minimum Gasteiger partial charge on any atom is -0.478 e. The summed E-state index contributed by atoms with van der Waals surface area (Å²) in [5, 5.41) is 17.9. The van der Waals surface area contributed by atoms with Gasteiger partial charge in [0.25, 0.3) is 0 Å². The molecule has 2 aromatic carbocycles. The van der Waals surface area contributed by atoms with Crippen molar-refractivity contribution in [2.24, 2.45) is 0 Å². The summed E-state index contributed by atoms with van der Waals surface area (Å²) in [6, 6.07) is 16.6. The Hall–Kier alpha value is -2.25. The predicted molar refractivity (Wildman–Crippen MR) is 79.6 cm³/mol. The zero-order valence-electron chi connectivity index (χ0n) is 10.7. The molecule has 0 atom stereocenters. The zero-order valence-corrected chi connectivity index (χ0v) is 11.6. The Morgan fingerprint density at radius 1 is 1.15 bits per heavy atom. The molecule has 0 aliphatic carbocycles. The van der Waals surface area contributed by atoms with Crippen molar-refractivity contribution in [1.82, 2.24) is 0 Å². The second-order valence-electron chi connectivity index (χ2n) is 4.27. The number of nitrogens with zero attached hydrogens (tertiary/aromatic N) is 1. The molecule has 0 unspecified atom stereocenters. The zero-order chi connectivity index (χ0) is 14.4. The van der Waals surface area contributed by atoms with Crippen LogP contribution in [-0.2, 0) is 11.5 Å². The fourth-order valence-corrected chi connectivity index (χ4v) is 2.82. The molecule has 0 saturated heterocycles. The van der Waals surface area contributed by atoms with Gasteiger partial charge in [-0.3, -0.25) is 0 Å². The van der Waals surface area contributed by atoms with E-state index in [2.05, 4.69) is 6.07 Å². The van der Waals surface area contributed by atoms with Crippen molar-refractivity contribution in [2.75, 3.05) is 0 Å². The van der Waals surface area contributed by atoms with E-state index in [9.17, 15) is 4.79 Å². The number of nitriles is 1. The van der Waals surface area contributed by atoms with Gasteiger partial charge in [0.15, 0.2) is 0 Å². The van der Waals surface area contributed by atoms with E-state index in [4.69, 9.17) is 10.4 Å². The molecule has 0 bridgehead atoms. The van der Waals surface area contributed by atoms with E-state index in [1.54, 1.807) is 36.0 Å². The van der Waals surface area contributed by atoms with Crippen LogP contribution in [0.25, 0.3) is 0 Å². The van der Waals surface area contributed by atoms with E-state index < -0.39 is 5.97 Å². The lowest BCUT2D eigenvalue weighted by molar-refractivity contribution is 0.0697. The molecule has 20 heavy (non-hydrogen) atoms. The smallest absolute Gasteiger partial charge is 0.335 e. The summed E-state index contributed by atoms with van der Waals surface area (Å²) in [6.07, 6.45) is 0. The van der Waals surface area contributed by atoms with Crippen LogP contribution in [0, 0.1) is 11.3 Å². The minimum atomic E-state index is -0.910. The van der Waals surface area contributed by atoms with Gasteiger partial charge in [0.1, 0.15) is 0 Å². The molecular formula is C16H13NO2S. The van der Waals surface area contributed by atoms with Crippen molar-refractivity contribution in [3.63, 3.8) is 0 Å². The monoisotopic (exact) mass is 283 g/mol. The summed E-state index contributed by atoms with van der Waals surface area (Å²) in [4.78, 5) is 10.9. The number of thioether (sulfide) groups is 1.